The number of anilines is 1. The quantitative estimate of drug-likeness (QED) is 0.409. The van der Waals surface area contributed by atoms with Crippen molar-refractivity contribution in [1.82, 2.24) is 25.4 Å². The first-order valence-corrected chi connectivity index (χ1v) is 11.1. The molecular formula is C24H25F3N6O4. The number of aromatic nitrogens is 3. The van der Waals surface area contributed by atoms with Crippen LogP contribution in [0.1, 0.15) is 47.2 Å². The van der Waals surface area contributed by atoms with Gasteiger partial charge in [0.25, 0.3) is 11.8 Å². The molecule has 0 atom stereocenters. The van der Waals surface area contributed by atoms with Crippen molar-refractivity contribution in [1.29, 1.82) is 0 Å². The maximum atomic E-state index is 13.4. The number of para-hydroxylation sites is 1. The summed E-state index contributed by atoms with van der Waals surface area (Å²) in [5.41, 5.74) is -2.11. The van der Waals surface area contributed by atoms with Gasteiger partial charge in [-0.2, -0.15) is 18.3 Å². The van der Waals surface area contributed by atoms with Gasteiger partial charge in [0.15, 0.2) is 5.69 Å². The number of carbonyl (C=O) groups is 3. The molecule has 10 nitrogen and oxygen atoms in total. The van der Waals surface area contributed by atoms with Gasteiger partial charge in [-0.3, -0.25) is 14.9 Å². The first-order chi connectivity index (χ1) is 17.3. The van der Waals surface area contributed by atoms with Crippen LogP contribution in [0.4, 0.5) is 23.8 Å². The Morgan fingerprint density at radius 1 is 0.946 bits per heavy atom. The molecule has 2 heterocycles. The summed E-state index contributed by atoms with van der Waals surface area (Å²) in [6, 6.07) is 10.9. The first kappa shape index (κ1) is 27.2. The normalized spacial score (nSPS) is 11.5. The summed E-state index contributed by atoms with van der Waals surface area (Å²) in [5.74, 6) is -1.34. The average Bonchev–Trinajstić information content (AvgIpc) is 3.28. The summed E-state index contributed by atoms with van der Waals surface area (Å²) in [6.07, 6.45) is -3.30. The summed E-state index contributed by atoms with van der Waals surface area (Å²) >= 11 is 0. The third-order valence-corrected chi connectivity index (χ3v) is 4.60. The maximum Gasteiger partial charge on any atom is 0.435 e. The zero-order valence-electron chi connectivity index (χ0n) is 20.2. The Morgan fingerprint density at radius 2 is 1.59 bits per heavy atom. The molecule has 2 aromatic heterocycles. The minimum Gasteiger partial charge on any atom is -0.444 e. The molecule has 3 amide bonds. The molecule has 0 aliphatic rings. The number of nitrogens with one attached hydrogen (secondary N) is 3. The lowest BCUT2D eigenvalue weighted by atomic mass is 10.2. The molecule has 3 aromatic rings. The van der Waals surface area contributed by atoms with Gasteiger partial charge in [0, 0.05) is 25.5 Å². The molecule has 0 aliphatic carbocycles. The number of hydrogen-bond donors (Lipinski definition) is 3. The van der Waals surface area contributed by atoms with Crippen LogP contribution in [-0.4, -0.2) is 51.4 Å². The second-order valence-corrected chi connectivity index (χ2v) is 8.74. The standard InChI is InChI=1S/C24H25F3N6O4/c1-23(2,3)37-22(36)31-18-10-9-15(13-30-18)20(34)28-11-12-29-21(35)17-14-33(16-7-5-4-6-8-16)32-19(17)24(25,26)27/h4-10,13-14H,11-12H2,1-3H3,(H,28,34)(H,29,35)(H,30,31,36). The van der Waals surface area contributed by atoms with E-state index in [0.29, 0.717) is 5.69 Å². The van der Waals surface area contributed by atoms with Gasteiger partial charge in [-0.1, -0.05) is 18.2 Å². The minimum atomic E-state index is -4.83. The highest BCUT2D eigenvalue weighted by atomic mass is 19.4. The van der Waals surface area contributed by atoms with Crippen molar-refractivity contribution in [3.8, 4) is 5.69 Å². The Balaban J connectivity index is 1.53. The summed E-state index contributed by atoms with van der Waals surface area (Å²) in [5, 5.41) is 10.8. The summed E-state index contributed by atoms with van der Waals surface area (Å²) in [7, 11) is 0. The number of rotatable bonds is 7. The number of ether oxygens (including phenoxy) is 1. The molecule has 0 saturated heterocycles. The van der Waals surface area contributed by atoms with Gasteiger partial charge in [0.2, 0.25) is 0 Å². The third-order valence-electron chi connectivity index (χ3n) is 4.60. The van der Waals surface area contributed by atoms with Crippen LogP contribution in [0.2, 0.25) is 0 Å². The van der Waals surface area contributed by atoms with Crippen LogP contribution in [0.15, 0.2) is 54.9 Å². The van der Waals surface area contributed by atoms with Crippen molar-refractivity contribution in [3.63, 3.8) is 0 Å². The lowest BCUT2D eigenvalue weighted by Crippen LogP contribution is -2.35. The smallest absolute Gasteiger partial charge is 0.435 e. The number of hydrogen-bond acceptors (Lipinski definition) is 6. The maximum absolute atomic E-state index is 13.4. The lowest BCUT2D eigenvalue weighted by Gasteiger charge is -2.19. The number of carbonyl (C=O) groups excluding carboxylic acids is 3. The summed E-state index contributed by atoms with van der Waals surface area (Å²) in [6.45, 7) is 4.94. The van der Waals surface area contributed by atoms with Gasteiger partial charge < -0.3 is 15.4 Å². The SMILES string of the molecule is CC(C)(C)OC(=O)Nc1ccc(C(=O)NCCNC(=O)c2cn(-c3ccccc3)nc2C(F)(F)F)cn1. The monoisotopic (exact) mass is 518 g/mol. The largest absolute Gasteiger partial charge is 0.444 e. The molecule has 37 heavy (non-hydrogen) atoms. The van der Waals surface area contributed by atoms with Crippen LogP contribution < -0.4 is 16.0 Å². The zero-order chi connectivity index (χ0) is 27.2. The molecule has 0 saturated carbocycles. The second kappa shape index (κ2) is 11.1. The van der Waals surface area contributed by atoms with Crippen LogP contribution in [0.25, 0.3) is 5.69 Å². The van der Waals surface area contributed by atoms with E-state index >= 15 is 0 Å². The predicted molar refractivity (Wildman–Crippen MR) is 127 cm³/mol. The van der Waals surface area contributed by atoms with E-state index < -0.39 is 40.9 Å². The Morgan fingerprint density at radius 3 is 2.16 bits per heavy atom. The molecule has 0 radical (unpaired) electrons. The molecule has 0 spiro atoms. The Bertz CT molecular complexity index is 1250. The molecule has 0 fully saturated rings. The van der Waals surface area contributed by atoms with Crippen LogP contribution in [0.3, 0.4) is 0 Å². The van der Waals surface area contributed by atoms with Crippen LogP contribution in [0, 0.1) is 0 Å². The van der Waals surface area contributed by atoms with E-state index in [1.165, 1.54) is 18.3 Å². The van der Waals surface area contributed by atoms with Gasteiger partial charge in [0.1, 0.15) is 11.4 Å². The van der Waals surface area contributed by atoms with Crippen molar-refractivity contribution < 1.29 is 32.3 Å². The summed E-state index contributed by atoms with van der Waals surface area (Å²) < 4.78 is 46.4. The minimum absolute atomic E-state index is 0.0589. The summed E-state index contributed by atoms with van der Waals surface area (Å²) in [4.78, 5) is 40.5. The number of benzene rings is 1. The van der Waals surface area contributed by atoms with Gasteiger partial charge in [-0.25, -0.2) is 14.5 Å². The fourth-order valence-corrected chi connectivity index (χ4v) is 3.02. The van der Waals surface area contributed by atoms with E-state index in [-0.39, 0.29) is 24.5 Å². The third kappa shape index (κ3) is 7.78. The van der Waals surface area contributed by atoms with Crippen LogP contribution >= 0.6 is 0 Å². The Kier molecular flexibility index (Phi) is 8.15. The highest BCUT2D eigenvalue weighted by Crippen LogP contribution is 2.31. The second-order valence-electron chi connectivity index (χ2n) is 8.74. The van der Waals surface area contributed by atoms with Crippen molar-refractivity contribution in [2.24, 2.45) is 0 Å². The number of nitrogens with zero attached hydrogens (tertiary/aromatic N) is 3. The molecular weight excluding hydrogens is 493 g/mol. The average molecular weight is 518 g/mol. The van der Waals surface area contributed by atoms with E-state index in [2.05, 4.69) is 26.0 Å². The van der Waals surface area contributed by atoms with E-state index in [0.717, 1.165) is 10.9 Å². The Hall–Kier alpha value is -4.42. The lowest BCUT2D eigenvalue weighted by molar-refractivity contribution is -0.141. The topological polar surface area (TPSA) is 127 Å². The van der Waals surface area contributed by atoms with E-state index in [1.54, 1.807) is 51.1 Å². The molecule has 0 unspecified atom stereocenters. The molecule has 0 aliphatic heterocycles. The van der Waals surface area contributed by atoms with E-state index in [4.69, 9.17) is 4.74 Å². The molecule has 1 aromatic carbocycles. The highest BCUT2D eigenvalue weighted by Gasteiger charge is 2.39. The fraction of sp³-hybridized carbons (Fsp3) is 0.292. The molecule has 3 N–H and O–H groups in total. The zero-order valence-corrected chi connectivity index (χ0v) is 20.2. The molecule has 3 rings (SSSR count). The van der Waals surface area contributed by atoms with Gasteiger partial charge in [-0.15, -0.1) is 0 Å². The van der Waals surface area contributed by atoms with Crippen molar-refractivity contribution >= 4 is 23.7 Å². The number of alkyl halides is 3. The first-order valence-electron chi connectivity index (χ1n) is 11.1. The number of pyridine rings is 1. The van der Waals surface area contributed by atoms with Crippen LogP contribution in [-0.2, 0) is 10.9 Å². The van der Waals surface area contributed by atoms with Gasteiger partial charge in [0.05, 0.1) is 16.8 Å². The van der Waals surface area contributed by atoms with Crippen molar-refractivity contribution in [2.75, 3.05) is 18.4 Å². The van der Waals surface area contributed by atoms with Crippen molar-refractivity contribution in [2.45, 2.75) is 32.5 Å². The van der Waals surface area contributed by atoms with E-state index in [1.807, 2.05) is 0 Å². The van der Waals surface area contributed by atoms with E-state index in [9.17, 15) is 27.6 Å². The molecule has 13 heteroatoms. The fourth-order valence-electron chi connectivity index (χ4n) is 3.02. The number of halogens is 3. The highest BCUT2D eigenvalue weighted by molar-refractivity contribution is 5.96. The molecule has 196 valence electrons. The van der Waals surface area contributed by atoms with Gasteiger partial charge >= 0.3 is 12.3 Å². The van der Waals surface area contributed by atoms with Crippen LogP contribution in [0.5, 0.6) is 0 Å². The number of amides is 3. The molecule has 0 bridgehead atoms. The van der Waals surface area contributed by atoms with Gasteiger partial charge in [-0.05, 0) is 45.0 Å². The Labute approximate surface area is 210 Å². The van der Waals surface area contributed by atoms with Crippen molar-refractivity contribution in [3.05, 3.63) is 71.7 Å². The predicted octanol–water partition coefficient (Wildman–Crippen LogP) is 3.79.